The van der Waals surface area contributed by atoms with Crippen LogP contribution in [-0.4, -0.2) is 50.3 Å². The van der Waals surface area contributed by atoms with Crippen LogP contribution in [-0.2, 0) is 6.54 Å². The molecule has 0 bridgehead atoms. The summed E-state index contributed by atoms with van der Waals surface area (Å²) in [6.45, 7) is 3.36. The summed E-state index contributed by atoms with van der Waals surface area (Å²) in [5.74, 6) is 0.625. The van der Waals surface area contributed by atoms with Crippen molar-refractivity contribution >= 4 is 50.8 Å². The minimum Gasteiger partial charge on any atom is -0.395 e. The van der Waals surface area contributed by atoms with Crippen LogP contribution < -0.4 is 10.6 Å². The third kappa shape index (κ3) is 6.52. The van der Waals surface area contributed by atoms with E-state index in [2.05, 4.69) is 31.7 Å². The Morgan fingerprint density at radius 1 is 1.21 bits per heavy atom. The van der Waals surface area contributed by atoms with E-state index in [9.17, 15) is 0 Å². The Labute approximate surface area is 205 Å². The Morgan fingerprint density at radius 2 is 2.06 bits per heavy atom. The first-order chi connectivity index (χ1) is 16.0. The summed E-state index contributed by atoms with van der Waals surface area (Å²) in [5, 5.41) is 17.8. The van der Waals surface area contributed by atoms with Crippen LogP contribution >= 0.6 is 34.7 Å². The molecule has 0 fully saturated rings. The first-order valence-corrected chi connectivity index (χ1v) is 12.3. The monoisotopic (exact) mass is 501 g/mol. The van der Waals surface area contributed by atoms with Crippen LogP contribution in [0.15, 0.2) is 64.5 Å². The van der Waals surface area contributed by atoms with Crippen molar-refractivity contribution in [3.8, 4) is 0 Å². The molecule has 0 saturated heterocycles. The van der Waals surface area contributed by atoms with Crippen LogP contribution in [0.1, 0.15) is 23.5 Å². The molecule has 33 heavy (non-hydrogen) atoms. The Balaban J connectivity index is 1.42. The maximum absolute atomic E-state index is 9.01. The SMILES string of the molecule is CC1=CC(c2cnc(Nc3cnc(CN(C)CCO)cn3)s2)N=C(Sc2ccccc2Cl)N1. The molecule has 0 saturated carbocycles. The van der Waals surface area contributed by atoms with Gasteiger partial charge in [0.05, 0.1) is 34.6 Å². The summed E-state index contributed by atoms with van der Waals surface area (Å²) in [6.07, 6.45) is 7.32. The minimum absolute atomic E-state index is 0.117. The van der Waals surface area contributed by atoms with Crippen LogP contribution in [0.5, 0.6) is 0 Å². The molecule has 1 aromatic carbocycles. The number of halogens is 1. The lowest BCUT2D eigenvalue weighted by molar-refractivity contribution is 0.216. The standard InChI is InChI=1S/C22H24ClN7OS2/c1-14-9-17(28-22(27-14)32-18-6-4-3-5-16(18)23)19-11-26-21(33-19)29-20-12-24-15(10-25-20)13-30(2)7-8-31/h3-6,9-12,17,31H,7-8,13H2,1-2H3,(H,27,28)(H,25,26,29). The number of aliphatic hydroxyl groups is 1. The number of benzene rings is 1. The van der Waals surface area contributed by atoms with E-state index in [0.717, 1.165) is 31.5 Å². The van der Waals surface area contributed by atoms with Crippen molar-refractivity contribution in [2.45, 2.75) is 24.4 Å². The Morgan fingerprint density at radius 3 is 2.82 bits per heavy atom. The molecule has 3 N–H and O–H groups in total. The molecule has 11 heteroatoms. The van der Waals surface area contributed by atoms with Gasteiger partial charge in [-0.1, -0.05) is 46.8 Å². The first kappa shape index (κ1) is 23.7. The van der Waals surface area contributed by atoms with Gasteiger partial charge in [0, 0.05) is 29.9 Å². The first-order valence-electron chi connectivity index (χ1n) is 10.3. The second-order valence-electron chi connectivity index (χ2n) is 7.43. The second kappa shape index (κ2) is 11.1. The lowest BCUT2D eigenvalue weighted by Crippen LogP contribution is -2.23. The zero-order chi connectivity index (χ0) is 23.2. The fraction of sp³-hybridized carbons (Fsp3) is 0.273. The number of hydrogen-bond donors (Lipinski definition) is 3. The number of likely N-dealkylation sites (N-methyl/N-ethyl adjacent to an activating group) is 1. The third-order valence-electron chi connectivity index (χ3n) is 4.68. The molecule has 0 amide bonds. The van der Waals surface area contributed by atoms with Gasteiger partial charge in [0.1, 0.15) is 6.04 Å². The van der Waals surface area contributed by atoms with Gasteiger partial charge >= 0.3 is 0 Å². The molecular weight excluding hydrogens is 478 g/mol. The van der Waals surface area contributed by atoms with Crippen molar-refractivity contribution in [2.24, 2.45) is 4.99 Å². The van der Waals surface area contributed by atoms with Gasteiger partial charge in [-0.2, -0.15) is 0 Å². The number of rotatable bonds is 8. The van der Waals surface area contributed by atoms with Crippen molar-refractivity contribution in [3.05, 3.63) is 70.2 Å². The number of aliphatic imine (C=N–C) groups is 1. The van der Waals surface area contributed by atoms with Crippen LogP contribution in [0.2, 0.25) is 5.02 Å². The van der Waals surface area contributed by atoms with Gasteiger partial charge in [-0.15, -0.1) is 0 Å². The number of allylic oxidation sites excluding steroid dienone is 1. The van der Waals surface area contributed by atoms with E-state index in [1.165, 1.54) is 23.1 Å². The number of hydrogen-bond acceptors (Lipinski definition) is 10. The summed E-state index contributed by atoms with van der Waals surface area (Å²) in [7, 11) is 1.93. The molecule has 8 nitrogen and oxygen atoms in total. The van der Waals surface area contributed by atoms with E-state index in [-0.39, 0.29) is 12.6 Å². The highest BCUT2D eigenvalue weighted by Crippen LogP contribution is 2.34. The molecule has 3 aromatic rings. The maximum atomic E-state index is 9.01. The number of amidine groups is 1. The topological polar surface area (TPSA) is 98.6 Å². The number of anilines is 2. The number of nitrogens with one attached hydrogen (secondary N) is 2. The lowest BCUT2D eigenvalue weighted by Gasteiger charge is -2.19. The zero-order valence-electron chi connectivity index (χ0n) is 18.2. The molecule has 0 aliphatic carbocycles. The molecule has 1 atom stereocenters. The number of aromatic nitrogens is 3. The minimum atomic E-state index is -0.125. The summed E-state index contributed by atoms with van der Waals surface area (Å²) in [5.41, 5.74) is 1.87. The van der Waals surface area contributed by atoms with Gasteiger partial charge in [-0.25, -0.2) is 15.0 Å². The van der Waals surface area contributed by atoms with E-state index in [4.69, 9.17) is 21.7 Å². The van der Waals surface area contributed by atoms with Gasteiger partial charge < -0.3 is 15.7 Å². The molecule has 172 valence electrons. The second-order valence-corrected chi connectivity index (χ2v) is 9.93. The molecular formula is C22H24ClN7OS2. The van der Waals surface area contributed by atoms with Crippen LogP contribution in [0.3, 0.4) is 0 Å². The zero-order valence-corrected chi connectivity index (χ0v) is 20.6. The molecule has 1 unspecified atom stereocenters. The highest BCUT2D eigenvalue weighted by Gasteiger charge is 2.19. The van der Waals surface area contributed by atoms with E-state index in [1.54, 1.807) is 12.4 Å². The van der Waals surface area contributed by atoms with E-state index >= 15 is 0 Å². The van der Waals surface area contributed by atoms with E-state index in [0.29, 0.717) is 23.9 Å². The van der Waals surface area contributed by atoms with Gasteiger partial charge in [0.25, 0.3) is 0 Å². The highest BCUT2D eigenvalue weighted by molar-refractivity contribution is 8.14. The molecule has 1 aliphatic heterocycles. The fourth-order valence-electron chi connectivity index (χ4n) is 3.09. The van der Waals surface area contributed by atoms with Crippen molar-refractivity contribution in [2.75, 3.05) is 25.5 Å². The van der Waals surface area contributed by atoms with E-state index in [1.807, 2.05) is 49.3 Å². The molecule has 3 heterocycles. The lowest BCUT2D eigenvalue weighted by atomic mass is 10.2. The van der Waals surface area contributed by atoms with E-state index < -0.39 is 0 Å². The average Bonchev–Trinajstić information content (AvgIpc) is 3.25. The van der Waals surface area contributed by atoms with Crippen molar-refractivity contribution in [1.29, 1.82) is 0 Å². The quantitative estimate of drug-likeness (QED) is 0.416. The van der Waals surface area contributed by atoms with Gasteiger partial charge in [-0.05, 0) is 32.2 Å². The van der Waals surface area contributed by atoms with Crippen molar-refractivity contribution in [3.63, 3.8) is 0 Å². The number of aliphatic hydroxyl groups excluding tert-OH is 1. The van der Waals surface area contributed by atoms with Crippen molar-refractivity contribution in [1.82, 2.24) is 25.2 Å². The average molecular weight is 502 g/mol. The summed E-state index contributed by atoms with van der Waals surface area (Å²) < 4.78 is 0. The van der Waals surface area contributed by atoms with Crippen LogP contribution in [0.4, 0.5) is 10.9 Å². The smallest absolute Gasteiger partial charge is 0.188 e. The predicted molar refractivity (Wildman–Crippen MR) is 135 cm³/mol. The van der Waals surface area contributed by atoms with Crippen LogP contribution in [0, 0.1) is 0 Å². The Hall–Kier alpha value is -2.50. The number of nitrogens with zero attached hydrogens (tertiary/aromatic N) is 5. The molecule has 1 aliphatic rings. The molecule has 4 rings (SSSR count). The largest absolute Gasteiger partial charge is 0.395 e. The predicted octanol–water partition coefficient (Wildman–Crippen LogP) is 4.45. The fourth-order valence-corrected chi connectivity index (χ4v) is 5.07. The summed E-state index contributed by atoms with van der Waals surface area (Å²) >= 11 is 9.34. The third-order valence-corrected chi connectivity index (χ3v) is 7.08. The van der Waals surface area contributed by atoms with Crippen molar-refractivity contribution < 1.29 is 5.11 Å². The normalized spacial score (nSPS) is 15.7. The number of thioether (sulfide) groups is 1. The highest BCUT2D eigenvalue weighted by atomic mass is 35.5. The van der Waals surface area contributed by atoms with Gasteiger partial charge in [0.15, 0.2) is 16.1 Å². The van der Waals surface area contributed by atoms with Gasteiger partial charge in [0.2, 0.25) is 0 Å². The Kier molecular flexibility index (Phi) is 7.94. The van der Waals surface area contributed by atoms with Gasteiger partial charge in [-0.3, -0.25) is 9.88 Å². The Bertz CT molecular complexity index is 1150. The summed E-state index contributed by atoms with van der Waals surface area (Å²) in [6, 6.07) is 7.60. The molecule has 2 aromatic heterocycles. The maximum Gasteiger partial charge on any atom is 0.188 e. The molecule has 0 spiro atoms. The molecule has 0 radical (unpaired) electrons. The summed E-state index contributed by atoms with van der Waals surface area (Å²) in [4.78, 5) is 22.1. The number of thiazole rings is 1. The van der Waals surface area contributed by atoms with Crippen LogP contribution in [0.25, 0.3) is 0 Å².